The minimum atomic E-state index is 0.513. The zero-order chi connectivity index (χ0) is 15.5. The summed E-state index contributed by atoms with van der Waals surface area (Å²) in [7, 11) is 0. The van der Waals surface area contributed by atoms with Crippen LogP contribution in [-0.4, -0.2) is 11.2 Å². The predicted octanol–water partition coefficient (Wildman–Crippen LogP) is 4.15. The lowest BCUT2D eigenvalue weighted by molar-refractivity contribution is 1.02. The maximum Gasteiger partial charge on any atom is 0.0720 e. The molecule has 1 aromatic carbocycles. The van der Waals surface area contributed by atoms with Gasteiger partial charge in [-0.1, -0.05) is 30.9 Å². The van der Waals surface area contributed by atoms with Crippen molar-refractivity contribution in [2.75, 3.05) is 5.73 Å². The van der Waals surface area contributed by atoms with E-state index in [-0.39, 0.29) is 0 Å². The van der Waals surface area contributed by atoms with Gasteiger partial charge in [-0.05, 0) is 53.6 Å². The maximum absolute atomic E-state index is 7.50. The molecule has 0 spiro atoms. The SMILES string of the molecule is C=C/C=C(\C=N)c1cc(C2CC2c2cccc(N)c2)ccn1. The highest BCUT2D eigenvalue weighted by Crippen LogP contribution is 2.54. The molecule has 3 nitrogen and oxygen atoms in total. The predicted molar refractivity (Wildman–Crippen MR) is 92.1 cm³/mol. The number of nitrogens with zero attached hydrogens (tertiary/aromatic N) is 1. The molecule has 0 bridgehead atoms. The summed E-state index contributed by atoms with van der Waals surface area (Å²) in [6.07, 6.45) is 7.76. The van der Waals surface area contributed by atoms with Crippen molar-refractivity contribution in [2.24, 2.45) is 0 Å². The lowest BCUT2D eigenvalue weighted by Gasteiger charge is -2.05. The summed E-state index contributed by atoms with van der Waals surface area (Å²) < 4.78 is 0. The molecule has 0 saturated heterocycles. The average molecular weight is 289 g/mol. The number of pyridine rings is 1. The second kappa shape index (κ2) is 5.98. The third-order valence-electron chi connectivity index (χ3n) is 4.09. The number of aromatic nitrogens is 1. The molecule has 0 amide bonds. The molecule has 2 aromatic rings. The Kier molecular flexibility index (Phi) is 3.88. The minimum Gasteiger partial charge on any atom is -0.399 e. The van der Waals surface area contributed by atoms with E-state index >= 15 is 0 Å². The standard InChI is InChI=1S/C19H19N3/c1-2-4-15(12-20)19-10-14(7-8-22-19)18-11-17(18)13-5-3-6-16(21)9-13/h2-10,12,17-18,20H,1,11,21H2/b15-4+,20-12?. The minimum absolute atomic E-state index is 0.513. The Balaban J connectivity index is 1.84. The van der Waals surface area contributed by atoms with Crippen molar-refractivity contribution in [3.8, 4) is 0 Å². The van der Waals surface area contributed by atoms with Gasteiger partial charge in [0.15, 0.2) is 0 Å². The van der Waals surface area contributed by atoms with Gasteiger partial charge in [-0.2, -0.15) is 0 Å². The van der Waals surface area contributed by atoms with Crippen LogP contribution in [0.15, 0.2) is 61.3 Å². The quantitative estimate of drug-likeness (QED) is 0.493. The van der Waals surface area contributed by atoms with E-state index in [9.17, 15) is 0 Å². The van der Waals surface area contributed by atoms with Crippen molar-refractivity contribution < 1.29 is 0 Å². The fraction of sp³-hybridized carbons (Fsp3) is 0.158. The fourth-order valence-corrected chi connectivity index (χ4v) is 2.89. The molecule has 110 valence electrons. The zero-order valence-corrected chi connectivity index (χ0v) is 12.4. The van der Waals surface area contributed by atoms with E-state index in [1.807, 2.05) is 18.3 Å². The number of rotatable bonds is 5. The van der Waals surface area contributed by atoms with Crippen LogP contribution in [0.4, 0.5) is 5.69 Å². The molecule has 2 atom stereocenters. The second-order valence-electron chi connectivity index (χ2n) is 5.60. The van der Waals surface area contributed by atoms with E-state index in [2.05, 4.69) is 35.8 Å². The topological polar surface area (TPSA) is 62.8 Å². The molecule has 1 fully saturated rings. The number of benzene rings is 1. The Labute approximate surface area is 130 Å². The Morgan fingerprint density at radius 1 is 1.23 bits per heavy atom. The highest BCUT2D eigenvalue weighted by molar-refractivity contribution is 6.07. The second-order valence-corrected chi connectivity index (χ2v) is 5.60. The first kappa shape index (κ1) is 14.3. The summed E-state index contributed by atoms with van der Waals surface area (Å²) in [6.45, 7) is 3.68. The van der Waals surface area contributed by atoms with Crippen LogP contribution in [0.5, 0.6) is 0 Å². The lowest BCUT2D eigenvalue weighted by atomic mass is 10.0. The van der Waals surface area contributed by atoms with Gasteiger partial charge in [0.05, 0.1) is 5.69 Å². The van der Waals surface area contributed by atoms with Gasteiger partial charge in [0.25, 0.3) is 0 Å². The van der Waals surface area contributed by atoms with E-state index in [4.69, 9.17) is 11.1 Å². The maximum atomic E-state index is 7.50. The van der Waals surface area contributed by atoms with Crippen LogP contribution in [0.25, 0.3) is 5.57 Å². The Morgan fingerprint density at radius 2 is 2.00 bits per heavy atom. The fourth-order valence-electron chi connectivity index (χ4n) is 2.89. The van der Waals surface area contributed by atoms with E-state index in [1.54, 1.807) is 12.2 Å². The molecule has 1 aromatic heterocycles. The molecule has 3 heteroatoms. The van der Waals surface area contributed by atoms with Crippen LogP contribution in [0.3, 0.4) is 0 Å². The van der Waals surface area contributed by atoms with E-state index in [0.717, 1.165) is 23.4 Å². The molecule has 22 heavy (non-hydrogen) atoms. The van der Waals surface area contributed by atoms with Crippen LogP contribution < -0.4 is 5.73 Å². The summed E-state index contributed by atoms with van der Waals surface area (Å²) in [5.41, 5.74) is 10.9. The monoisotopic (exact) mass is 289 g/mol. The number of nitrogens with one attached hydrogen (secondary N) is 1. The first-order chi connectivity index (χ1) is 10.7. The zero-order valence-electron chi connectivity index (χ0n) is 12.4. The van der Waals surface area contributed by atoms with Gasteiger partial charge in [-0.15, -0.1) is 0 Å². The van der Waals surface area contributed by atoms with Crippen LogP contribution in [0, 0.1) is 5.41 Å². The van der Waals surface area contributed by atoms with Crippen molar-refractivity contribution in [3.63, 3.8) is 0 Å². The van der Waals surface area contributed by atoms with Crippen molar-refractivity contribution in [3.05, 3.63) is 78.1 Å². The first-order valence-corrected chi connectivity index (χ1v) is 7.38. The summed E-state index contributed by atoms with van der Waals surface area (Å²) in [4.78, 5) is 4.36. The van der Waals surface area contributed by atoms with Crippen LogP contribution in [0.2, 0.25) is 0 Å². The van der Waals surface area contributed by atoms with Gasteiger partial charge < -0.3 is 11.1 Å². The average Bonchev–Trinajstić information content (AvgIpc) is 3.33. The Hall–Kier alpha value is -2.68. The normalized spacial score (nSPS) is 20.5. The number of nitrogen functional groups attached to an aromatic ring is 1. The number of hydrogen-bond acceptors (Lipinski definition) is 3. The van der Waals surface area contributed by atoms with Gasteiger partial charge in [0.1, 0.15) is 0 Å². The Morgan fingerprint density at radius 3 is 2.68 bits per heavy atom. The Bertz CT molecular complexity index is 746. The smallest absolute Gasteiger partial charge is 0.0720 e. The van der Waals surface area contributed by atoms with E-state index < -0.39 is 0 Å². The third-order valence-corrected chi connectivity index (χ3v) is 4.09. The molecule has 3 N–H and O–H groups in total. The number of anilines is 1. The van der Waals surface area contributed by atoms with Gasteiger partial charge in [-0.3, -0.25) is 4.98 Å². The van der Waals surface area contributed by atoms with Crippen LogP contribution in [-0.2, 0) is 0 Å². The largest absolute Gasteiger partial charge is 0.399 e. The molecule has 2 unspecified atom stereocenters. The molecule has 0 radical (unpaired) electrons. The summed E-state index contributed by atoms with van der Waals surface area (Å²) >= 11 is 0. The van der Waals surface area contributed by atoms with E-state index in [0.29, 0.717) is 11.8 Å². The molecule has 1 aliphatic rings. The van der Waals surface area contributed by atoms with Gasteiger partial charge in [0, 0.05) is 23.7 Å². The van der Waals surface area contributed by atoms with E-state index in [1.165, 1.54) is 17.3 Å². The summed E-state index contributed by atoms with van der Waals surface area (Å²) in [6, 6.07) is 12.3. The third kappa shape index (κ3) is 2.84. The molecule has 1 saturated carbocycles. The number of hydrogen-bond donors (Lipinski definition) is 2. The van der Waals surface area contributed by atoms with Crippen molar-refractivity contribution in [1.29, 1.82) is 5.41 Å². The molecule has 0 aliphatic heterocycles. The van der Waals surface area contributed by atoms with Crippen LogP contribution in [0.1, 0.15) is 35.1 Å². The lowest BCUT2D eigenvalue weighted by Crippen LogP contribution is -1.93. The number of nitrogens with two attached hydrogens (primary N) is 1. The highest BCUT2D eigenvalue weighted by Gasteiger charge is 2.39. The molecular weight excluding hydrogens is 270 g/mol. The van der Waals surface area contributed by atoms with Gasteiger partial charge in [0.2, 0.25) is 0 Å². The summed E-state index contributed by atoms with van der Waals surface area (Å²) in [5, 5.41) is 7.50. The number of allylic oxidation sites excluding steroid dienone is 3. The van der Waals surface area contributed by atoms with Gasteiger partial charge >= 0.3 is 0 Å². The molecule has 3 rings (SSSR count). The molecule has 1 heterocycles. The van der Waals surface area contributed by atoms with Crippen molar-refractivity contribution >= 4 is 17.5 Å². The van der Waals surface area contributed by atoms with Gasteiger partial charge in [-0.25, -0.2) is 0 Å². The molecular formula is C19H19N3. The van der Waals surface area contributed by atoms with Crippen molar-refractivity contribution in [1.82, 2.24) is 4.98 Å². The highest BCUT2D eigenvalue weighted by atomic mass is 14.7. The van der Waals surface area contributed by atoms with Crippen molar-refractivity contribution in [2.45, 2.75) is 18.3 Å². The first-order valence-electron chi connectivity index (χ1n) is 7.38. The van der Waals surface area contributed by atoms with Crippen LogP contribution >= 0.6 is 0 Å². The molecule has 1 aliphatic carbocycles. The summed E-state index contributed by atoms with van der Waals surface area (Å²) in [5.74, 6) is 1.05.